The van der Waals surface area contributed by atoms with E-state index in [9.17, 15) is 4.79 Å². The van der Waals surface area contributed by atoms with Crippen molar-refractivity contribution >= 4 is 27.5 Å². The van der Waals surface area contributed by atoms with Gasteiger partial charge in [-0.25, -0.2) is 0 Å². The summed E-state index contributed by atoms with van der Waals surface area (Å²) in [5, 5.41) is 2.87. The van der Waals surface area contributed by atoms with Crippen molar-refractivity contribution in [2.45, 2.75) is 25.7 Å². The van der Waals surface area contributed by atoms with Crippen LogP contribution < -0.4 is 5.32 Å². The summed E-state index contributed by atoms with van der Waals surface area (Å²) in [6.45, 7) is 0. The van der Waals surface area contributed by atoms with E-state index in [1.165, 1.54) is 12.8 Å². The van der Waals surface area contributed by atoms with Crippen molar-refractivity contribution in [1.82, 2.24) is 4.98 Å². The van der Waals surface area contributed by atoms with Crippen LogP contribution in [0.25, 0.3) is 0 Å². The Morgan fingerprint density at radius 3 is 3.07 bits per heavy atom. The lowest BCUT2D eigenvalue weighted by Crippen LogP contribution is -2.11. The average Bonchev–Trinajstić information content (AvgIpc) is 3.02. The summed E-state index contributed by atoms with van der Waals surface area (Å²) in [6, 6.07) is 1.79. The predicted molar refractivity (Wildman–Crippen MR) is 62.5 cm³/mol. The third-order valence-electron chi connectivity index (χ3n) is 2.52. The van der Waals surface area contributed by atoms with Crippen LogP contribution >= 0.6 is 15.9 Å². The minimum atomic E-state index is 0.0915. The normalized spacial score (nSPS) is 15.0. The number of carbonyl (C=O) groups excluding carboxylic acids is 1. The smallest absolute Gasteiger partial charge is 0.224 e. The number of hydrogen-bond donors (Lipinski definition) is 1. The van der Waals surface area contributed by atoms with Gasteiger partial charge < -0.3 is 5.32 Å². The SMILES string of the molecule is O=C(CCC1CC1)Nc1ccncc1Br. The van der Waals surface area contributed by atoms with Gasteiger partial charge in [-0.2, -0.15) is 0 Å². The molecule has 15 heavy (non-hydrogen) atoms. The molecule has 1 aromatic rings. The van der Waals surface area contributed by atoms with Gasteiger partial charge in [-0.05, 0) is 34.3 Å². The molecule has 1 aromatic heterocycles. The van der Waals surface area contributed by atoms with Crippen LogP contribution in [0.15, 0.2) is 22.9 Å². The Morgan fingerprint density at radius 1 is 1.60 bits per heavy atom. The Balaban J connectivity index is 1.84. The molecule has 0 radical (unpaired) electrons. The second kappa shape index (κ2) is 4.75. The lowest BCUT2D eigenvalue weighted by atomic mass is 10.2. The molecule has 0 unspecified atom stereocenters. The number of rotatable bonds is 4. The summed E-state index contributed by atoms with van der Waals surface area (Å²) in [6.07, 6.45) is 7.59. The van der Waals surface area contributed by atoms with Gasteiger partial charge in [-0.1, -0.05) is 12.8 Å². The number of hydrogen-bond acceptors (Lipinski definition) is 2. The van der Waals surface area contributed by atoms with Gasteiger partial charge in [0.05, 0.1) is 10.2 Å². The van der Waals surface area contributed by atoms with Crippen molar-refractivity contribution in [3.8, 4) is 0 Å². The first-order valence-electron chi connectivity index (χ1n) is 5.15. The molecule has 0 spiro atoms. The van der Waals surface area contributed by atoms with Gasteiger partial charge in [-0.3, -0.25) is 9.78 Å². The monoisotopic (exact) mass is 268 g/mol. The van der Waals surface area contributed by atoms with Crippen LogP contribution in [0.1, 0.15) is 25.7 Å². The first-order valence-corrected chi connectivity index (χ1v) is 5.94. The van der Waals surface area contributed by atoms with Gasteiger partial charge in [0.2, 0.25) is 5.91 Å². The molecule has 1 saturated carbocycles. The van der Waals surface area contributed by atoms with Crippen LogP contribution in [-0.2, 0) is 4.79 Å². The maximum atomic E-state index is 11.5. The molecule has 0 bridgehead atoms. The molecule has 3 nitrogen and oxygen atoms in total. The minimum absolute atomic E-state index is 0.0915. The van der Waals surface area contributed by atoms with Crippen LogP contribution in [0.5, 0.6) is 0 Å². The highest BCUT2D eigenvalue weighted by atomic mass is 79.9. The zero-order valence-electron chi connectivity index (χ0n) is 8.37. The number of anilines is 1. The van der Waals surface area contributed by atoms with Crippen molar-refractivity contribution < 1.29 is 4.79 Å². The maximum absolute atomic E-state index is 11.5. The highest BCUT2D eigenvalue weighted by Crippen LogP contribution is 2.33. The Labute approximate surface area is 97.4 Å². The summed E-state index contributed by atoms with van der Waals surface area (Å²) in [7, 11) is 0. The first kappa shape index (κ1) is 10.6. The summed E-state index contributed by atoms with van der Waals surface area (Å²) in [5.41, 5.74) is 0.797. The zero-order valence-corrected chi connectivity index (χ0v) is 9.96. The standard InChI is InChI=1S/C11H13BrN2O/c12-9-7-13-6-5-10(9)14-11(15)4-3-8-1-2-8/h5-8H,1-4H2,(H,13,14,15). The fourth-order valence-electron chi connectivity index (χ4n) is 1.43. The Kier molecular flexibility index (Phi) is 3.36. The number of nitrogens with zero attached hydrogens (tertiary/aromatic N) is 1. The Morgan fingerprint density at radius 2 is 2.40 bits per heavy atom. The topological polar surface area (TPSA) is 42.0 Å². The molecule has 0 saturated heterocycles. The van der Waals surface area contributed by atoms with Gasteiger partial charge in [0.1, 0.15) is 0 Å². The van der Waals surface area contributed by atoms with E-state index in [2.05, 4.69) is 26.2 Å². The van der Waals surface area contributed by atoms with Crippen molar-refractivity contribution in [3.05, 3.63) is 22.9 Å². The third kappa shape index (κ3) is 3.30. The van der Waals surface area contributed by atoms with E-state index < -0.39 is 0 Å². The minimum Gasteiger partial charge on any atom is -0.325 e. The number of nitrogens with one attached hydrogen (secondary N) is 1. The molecule has 0 aliphatic heterocycles. The van der Waals surface area contributed by atoms with E-state index in [1.807, 2.05) is 0 Å². The molecule has 4 heteroatoms. The van der Waals surface area contributed by atoms with E-state index >= 15 is 0 Å². The number of pyridine rings is 1. The molecule has 1 amide bonds. The summed E-state index contributed by atoms with van der Waals surface area (Å²) < 4.78 is 0.824. The second-order valence-corrected chi connectivity index (χ2v) is 4.74. The van der Waals surface area contributed by atoms with Gasteiger partial charge in [0.15, 0.2) is 0 Å². The summed E-state index contributed by atoms with van der Waals surface area (Å²) in [5.74, 6) is 0.894. The molecule has 0 atom stereocenters. The van der Waals surface area contributed by atoms with Gasteiger partial charge >= 0.3 is 0 Å². The van der Waals surface area contributed by atoms with Gasteiger partial charge in [0, 0.05) is 18.8 Å². The maximum Gasteiger partial charge on any atom is 0.224 e. The molecule has 2 rings (SSSR count). The quantitative estimate of drug-likeness (QED) is 0.913. The molecular formula is C11H13BrN2O. The fourth-order valence-corrected chi connectivity index (χ4v) is 1.78. The lowest BCUT2D eigenvalue weighted by Gasteiger charge is -2.05. The number of aromatic nitrogens is 1. The van der Waals surface area contributed by atoms with Crippen molar-refractivity contribution in [3.63, 3.8) is 0 Å². The highest BCUT2D eigenvalue weighted by Gasteiger charge is 2.21. The largest absolute Gasteiger partial charge is 0.325 e. The van der Waals surface area contributed by atoms with Crippen molar-refractivity contribution in [2.24, 2.45) is 5.92 Å². The van der Waals surface area contributed by atoms with Crippen LogP contribution in [-0.4, -0.2) is 10.9 Å². The second-order valence-electron chi connectivity index (χ2n) is 3.89. The molecule has 0 aromatic carbocycles. The van der Waals surface area contributed by atoms with Crippen molar-refractivity contribution in [1.29, 1.82) is 0 Å². The number of amides is 1. The average molecular weight is 269 g/mol. The number of carbonyl (C=O) groups is 1. The summed E-state index contributed by atoms with van der Waals surface area (Å²) >= 11 is 3.34. The Bertz CT molecular complexity index is 363. The molecule has 1 fully saturated rings. The van der Waals surface area contributed by atoms with Crippen LogP contribution in [0, 0.1) is 5.92 Å². The van der Waals surface area contributed by atoms with Crippen molar-refractivity contribution in [2.75, 3.05) is 5.32 Å². The molecule has 1 aliphatic rings. The number of halogens is 1. The molecule has 1 N–H and O–H groups in total. The molecular weight excluding hydrogens is 256 g/mol. The van der Waals surface area contributed by atoms with E-state index in [4.69, 9.17) is 0 Å². The highest BCUT2D eigenvalue weighted by molar-refractivity contribution is 9.10. The van der Waals surface area contributed by atoms with Crippen LogP contribution in [0.2, 0.25) is 0 Å². The lowest BCUT2D eigenvalue weighted by molar-refractivity contribution is -0.116. The van der Waals surface area contributed by atoms with E-state index in [0.717, 1.165) is 22.5 Å². The first-order chi connectivity index (χ1) is 7.25. The third-order valence-corrected chi connectivity index (χ3v) is 3.16. The molecule has 1 aliphatic carbocycles. The van der Waals surface area contributed by atoms with E-state index in [-0.39, 0.29) is 5.91 Å². The van der Waals surface area contributed by atoms with E-state index in [0.29, 0.717) is 6.42 Å². The van der Waals surface area contributed by atoms with Crippen LogP contribution in [0.3, 0.4) is 0 Å². The fraction of sp³-hybridized carbons (Fsp3) is 0.455. The Hall–Kier alpha value is -0.900. The van der Waals surface area contributed by atoms with Gasteiger partial charge in [-0.15, -0.1) is 0 Å². The van der Waals surface area contributed by atoms with E-state index in [1.54, 1.807) is 18.5 Å². The molecule has 1 heterocycles. The zero-order chi connectivity index (χ0) is 10.7. The summed E-state index contributed by atoms with van der Waals surface area (Å²) in [4.78, 5) is 15.5. The van der Waals surface area contributed by atoms with Gasteiger partial charge in [0.25, 0.3) is 0 Å². The molecule has 80 valence electrons. The van der Waals surface area contributed by atoms with Crippen LogP contribution in [0.4, 0.5) is 5.69 Å². The predicted octanol–water partition coefficient (Wildman–Crippen LogP) is 2.97.